The van der Waals surface area contributed by atoms with E-state index in [0.29, 0.717) is 0 Å². The molecule has 0 aromatic heterocycles. The topological polar surface area (TPSA) is 26.0 Å². The lowest BCUT2D eigenvalue weighted by Crippen LogP contribution is -2.49. The first-order chi connectivity index (χ1) is 6.58. The van der Waals surface area contributed by atoms with E-state index in [1.54, 1.807) is 0 Å². The summed E-state index contributed by atoms with van der Waals surface area (Å²) in [4.78, 5) is 0. The van der Waals surface area contributed by atoms with Gasteiger partial charge in [-0.05, 0) is 31.1 Å². The molecule has 0 aromatic rings. The van der Waals surface area contributed by atoms with Gasteiger partial charge in [-0.25, -0.2) is 0 Å². The molecule has 2 N–H and O–H groups in total. The zero-order chi connectivity index (χ0) is 10.6. The molecule has 1 nitrogen and oxygen atoms in total. The molecule has 0 saturated heterocycles. The van der Waals surface area contributed by atoms with Crippen LogP contribution in [0.2, 0.25) is 0 Å². The van der Waals surface area contributed by atoms with E-state index in [-0.39, 0.29) is 5.54 Å². The SMILES string of the molecule is CCCC(C)CC1(N)CCCCC1C. The van der Waals surface area contributed by atoms with Crippen LogP contribution in [0.4, 0.5) is 0 Å². The third kappa shape index (κ3) is 2.98. The summed E-state index contributed by atoms with van der Waals surface area (Å²) in [6, 6.07) is 0. The maximum Gasteiger partial charge on any atom is 0.0182 e. The third-order valence-corrected chi connectivity index (χ3v) is 4.02. The third-order valence-electron chi connectivity index (χ3n) is 4.02. The van der Waals surface area contributed by atoms with Crippen molar-refractivity contribution in [2.24, 2.45) is 17.6 Å². The summed E-state index contributed by atoms with van der Waals surface area (Å²) in [5.74, 6) is 1.54. The van der Waals surface area contributed by atoms with Gasteiger partial charge in [0.1, 0.15) is 0 Å². The summed E-state index contributed by atoms with van der Waals surface area (Å²) in [5.41, 5.74) is 6.69. The fraction of sp³-hybridized carbons (Fsp3) is 1.00. The summed E-state index contributed by atoms with van der Waals surface area (Å²) in [7, 11) is 0. The Balaban J connectivity index is 2.46. The molecule has 1 fully saturated rings. The first-order valence-corrected chi connectivity index (χ1v) is 6.37. The van der Waals surface area contributed by atoms with Gasteiger partial charge in [0, 0.05) is 5.54 Å². The van der Waals surface area contributed by atoms with Crippen LogP contribution in [0.15, 0.2) is 0 Å². The fourth-order valence-electron chi connectivity index (χ4n) is 2.99. The summed E-state index contributed by atoms with van der Waals surface area (Å²) < 4.78 is 0. The highest BCUT2D eigenvalue weighted by Gasteiger charge is 2.34. The number of rotatable bonds is 4. The van der Waals surface area contributed by atoms with E-state index in [4.69, 9.17) is 5.73 Å². The van der Waals surface area contributed by atoms with E-state index in [1.807, 2.05) is 0 Å². The van der Waals surface area contributed by atoms with Crippen LogP contribution in [0.5, 0.6) is 0 Å². The molecule has 14 heavy (non-hydrogen) atoms. The minimum atomic E-state index is 0.160. The molecule has 3 atom stereocenters. The quantitative estimate of drug-likeness (QED) is 0.730. The van der Waals surface area contributed by atoms with Crippen molar-refractivity contribution >= 4 is 0 Å². The fourth-order valence-corrected chi connectivity index (χ4v) is 2.99. The van der Waals surface area contributed by atoms with E-state index in [9.17, 15) is 0 Å². The van der Waals surface area contributed by atoms with Gasteiger partial charge >= 0.3 is 0 Å². The lowest BCUT2D eigenvalue weighted by Gasteiger charge is -2.41. The van der Waals surface area contributed by atoms with Gasteiger partial charge in [-0.2, -0.15) is 0 Å². The lowest BCUT2D eigenvalue weighted by molar-refractivity contribution is 0.166. The monoisotopic (exact) mass is 197 g/mol. The molecule has 0 amide bonds. The Labute approximate surface area is 89.5 Å². The molecule has 1 aliphatic rings. The van der Waals surface area contributed by atoms with Crippen molar-refractivity contribution < 1.29 is 0 Å². The highest BCUT2D eigenvalue weighted by atomic mass is 14.8. The predicted octanol–water partition coefficient (Wildman–Crippen LogP) is 3.72. The van der Waals surface area contributed by atoms with Gasteiger partial charge in [-0.3, -0.25) is 0 Å². The molecular weight excluding hydrogens is 170 g/mol. The van der Waals surface area contributed by atoms with Gasteiger partial charge in [-0.15, -0.1) is 0 Å². The molecule has 0 spiro atoms. The van der Waals surface area contributed by atoms with Crippen LogP contribution in [-0.2, 0) is 0 Å². The standard InChI is InChI=1S/C13H27N/c1-4-7-11(2)10-13(14)9-6-5-8-12(13)3/h11-12H,4-10,14H2,1-3H3. The van der Waals surface area contributed by atoms with Gasteiger partial charge in [0.05, 0.1) is 0 Å². The van der Waals surface area contributed by atoms with Crippen LogP contribution in [0.3, 0.4) is 0 Å². The van der Waals surface area contributed by atoms with Gasteiger partial charge in [0.15, 0.2) is 0 Å². The zero-order valence-electron chi connectivity index (χ0n) is 10.2. The Morgan fingerprint density at radius 3 is 2.71 bits per heavy atom. The maximum absolute atomic E-state index is 6.53. The number of hydrogen-bond acceptors (Lipinski definition) is 1. The second kappa shape index (κ2) is 5.16. The van der Waals surface area contributed by atoms with Crippen molar-refractivity contribution in [1.82, 2.24) is 0 Å². The maximum atomic E-state index is 6.53. The van der Waals surface area contributed by atoms with Crippen LogP contribution in [0.25, 0.3) is 0 Å². The van der Waals surface area contributed by atoms with Crippen LogP contribution in [0.1, 0.15) is 65.7 Å². The summed E-state index contributed by atoms with van der Waals surface area (Å²) in [6.45, 7) is 6.97. The second-order valence-corrected chi connectivity index (χ2v) is 5.48. The van der Waals surface area contributed by atoms with Crippen molar-refractivity contribution in [2.75, 3.05) is 0 Å². The molecule has 0 aromatic carbocycles. The van der Waals surface area contributed by atoms with Crippen molar-refractivity contribution in [1.29, 1.82) is 0 Å². The number of hydrogen-bond donors (Lipinski definition) is 1. The van der Waals surface area contributed by atoms with Gasteiger partial charge in [0.2, 0.25) is 0 Å². The smallest absolute Gasteiger partial charge is 0.0182 e. The summed E-state index contributed by atoms with van der Waals surface area (Å²) >= 11 is 0. The first kappa shape index (κ1) is 12.0. The Morgan fingerprint density at radius 1 is 1.43 bits per heavy atom. The van der Waals surface area contributed by atoms with E-state index in [0.717, 1.165) is 11.8 Å². The predicted molar refractivity (Wildman–Crippen MR) is 63.2 cm³/mol. The molecule has 1 aliphatic carbocycles. The Hall–Kier alpha value is -0.0400. The van der Waals surface area contributed by atoms with Gasteiger partial charge in [0.25, 0.3) is 0 Å². The molecule has 84 valence electrons. The average Bonchev–Trinajstić information content (AvgIpc) is 2.10. The molecule has 0 bridgehead atoms. The molecular formula is C13H27N. The van der Waals surface area contributed by atoms with E-state index in [2.05, 4.69) is 20.8 Å². The summed E-state index contributed by atoms with van der Waals surface area (Å²) in [6.07, 6.45) is 9.21. The van der Waals surface area contributed by atoms with Gasteiger partial charge in [-0.1, -0.05) is 46.5 Å². The van der Waals surface area contributed by atoms with Crippen molar-refractivity contribution in [3.05, 3.63) is 0 Å². The lowest BCUT2D eigenvalue weighted by atomic mass is 9.70. The highest BCUT2D eigenvalue weighted by molar-refractivity contribution is 4.93. The Kier molecular flexibility index (Phi) is 4.43. The van der Waals surface area contributed by atoms with Crippen molar-refractivity contribution in [3.63, 3.8) is 0 Å². The molecule has 0 heterocycles. The number of nitrogens with two attached hydrogens (primary N) is 1. The average molecular weight is 197 g/mol. The molecule has 1 rings (SSSR count). The van der Waals surface area contributed by atoms with Crippen LogP contribution >= 0.6 is 0 Å². The molecule has 0 aliphatic heterocycles. The van der Waals surface area contributed by atoms with Crippen molar-refractivity contribution in [2.45, 2.75) is 71.3 Å². The van der Waals surface area contributed by atoms with Crippen LogP contribution in [-0.4, -0.2) is 5.54 Å². The first-order valence-electron chi connectivity index (χ1n) is 6.37. The van der Waals surface area contributed by atoms with E-state index >= 15 is 0 Å². The van der Waals surface area contributed by atoms with Crippen LogP contribution in [0, 0.1) is 11.8 Å². The molecule has 0 radical (unpaired) electrons. The molecule has 1 heteroatoms. The minimum Gasteiger partial charge on any atom is -0.325 e. The van der Waals surface area contributed by atoms with E-state index < -0.39 is 0 Å². The molecule has 1 saturated carbocycles. The Morgan fingerprint density at radius 2 is 2.14 bits per heavy atom. The zero-order valence-corrected chi connectivity index (χ0v) is 10.2. The normalized spacial score (nSPS) is 35.6. The Bertz CT molecular complexity index is 167. The highest BCUT2D eigenvalue weighted by Crippen LogP contribution is 2.36. The van der Waals surface area contributed by atoms with Crippen LogP contribution < -0.4 is 5.73 Å². The second-order valence-electron chi connectivity index (χ2n) is 5.48. The minimum absolute atomic E-state index is 0.160. The molecule has 3 unspecified atom stereocenters. The summed E-state index contributed by atoms with van der Waals surface area (Å²) in [5, 5.41) is 0. The van der Waals surface area contributed by atoms with Gasteiger partial charge < -0.3 is 5.73 Å². The van der Waals surface area contributed by atoms with Crippen molar-refractivity contribution in [3.8, 4) is 0 Å². The largest absolute Gasteiger partial charge is 0.325 e. The van der Waals surface area contributed by atoms with E-state index in [1.165, 1.54) is 44.9 Å².